The first-order valence-corrected chi connectivity index (χ1v) is 6.27. The lowest BCUT2D eigenvalue weighted by atomic mass is 10.1. The summed E-state index contributed by atoms with van der Waals surface area (Å²) in [6, 6.07) is 12.1. The molecule has 104 valence electrons. The molecule has 1 N–H and O–H groups in total. The summed E-state index contributed by atoms with van der Waals surface area (Å²) in [7, 11) is 1.34. The molecule has 0 aliphatic rings. The molecule has 0 aliphatic heterocycles. The Hall–Kier alpha value is -2.36. The van der Waals surface area contributed by atoms with E-state index in [1.165, 1.54) is 13.2 Å². The number of esters is 1. The summed E-state index contributed by atoms with van der Waals surface area (Å²) in [6.45, 7) is 2.22. The summed E-state index contributed by atoms with van der Waals surface area (Å²) in [5, 5.41) is 3.15. The number of benzene rings is 2. The predicted octanol–water partition coefficient (Wildman–Crippen LogP) is 3.53. The number of rotatable bonds is 4. The molecular weight excluding hydrogens is 257 g/mol. The fourth-order valence-electron chi connectivity index (χ4n) is 1.82. The minimum Gasteiger partial charge on any atom is -0.465 e. The van der Waals surface area contributed by atoms with E-state index in [1.807, 2.05) is 12.1 Å². The zero-order valence-electron chi connectivity index (χ0n) is 11.4. The molecule has 0 bridgehead atoms. The van der Waals surface area contributed by atoms with Crippen molar-refractivity contribution in [1.82, 2.24) is 0 Å². The van der Waals surface area contributed by atoms with Crippen LogP contribution in [0.25, 0.3) is 0 Å². The third kappa shape index (κ3) is 3.35. The predicted molar refractivity (Wildman–Crippen MR) is 76.2 cm³/mol. The van der Waals surface area contributed by atoms with Crippen LogP contribution in [0.4, 0.5) is 10.1 Å². The van der Waals surface area contributed by atoms with Crippen molar-refractivity contribution < 1.29 is 13.9 Å². The van der Waals surface area contributed by atoms with Crippen molar-refractivity contribution in [2.45, 2.75) is 13.5 Å². The first kappa shape index (κ1) is 14.1. The van der Waals surface area contributed by atoms with Crippen LogP contribution in [0.5, 0.6) is 0 Å². The molecule has 0 saturated carbocycles. The maximum atomic E-state index is 13.4. The van der Waals surface area contributed by atoms with Crippen molar-refractivity contribution in [2.24, 2.45) is 0 Å². The largest absolute Gasteiger partial charge is 0.465 e. The van der Waals surface area contributed by atoms with Crippen molar-refractivity contribution in [1.29, 1.82) is 0 Å². The molecule has 0 spiro atoms. The van der Waals surface area contributed by atoms with E-state index < -0.39 is 0 Å². The second-order valence-electron chi connectivity index (χ2n) is 4.51. The maximum absolute atomic E-state index is 13.4. The van der Waals surface area contributed by atoms with E-state index in [2.05, 4.69) is 10.1 Å². The smallest absolute Gasteiger partial charge is 0.337 e. The number of nitrogens with one attached hydrogen (secondary N) is 1. The molecular formula is C16H16FNO2. The third-order valence-electron chi connectivity index (χ3n) is 3.02. The van der Waals surface area contributed by atoms with Gasteiger partial charge in [0.1, 0.15) is 5.82 Å². The van der Waals surface area contributed by atoms with Gasteiger partial charge in [-0.15, -0.1) is 0 Å². The Morgan fingerprint density at radius 3 is 2.75 bits per heavy atom. The highest BCUT2D eigenvalue weighted by Crippen LogP contribution is 2.14. The Morgan fingerprint density at radius 2 is 2.05 bits per heavy atom. The Bertz CT molecular complexity index is 626. The lowest BCUT2D eigenvalue weighted by molar-refractivity contribution is 0.0601. The topological polar surface area (TPSA) is 38.3 Å². The van der Waals surface area contributed by atoms with Crippen LogP contribution in [-0.4, -0.2) is 13.1 Å². The SMILES string of the molecule is COC(=O)c1cccc(NCc2ccc(C)c(F)c2)c1. The van der Waals surface area contributed by atoms with Gasteiger partial charge in [-0.2, -0.15) is 0 Å². The van der Waals surface area contributed by atoms with Gasteiger partial charge in [0.2, 0.25) is 0 Å². The average molecular weight is 273 g/mol. The molecule has 0 aliphatic carbocycles. The number of carbonyl (C=O) groups is 1. The Labute approximate surface area is 117 Å². The van der Waals surface area contributed by atoms with E-state index in [0.29, 0.717) is 17.7 Å². The van der Waals surface area contributed by atoms with Crippen molar-refractivity contribution in [3.8, 4) is 0 Å². The standard InChI is InChI=1S/C16H16FNO2/c1-11-6-7-12(8-15(11)17)10-18-14-5-3-4-13(9-14)16(19)20-2/h3-9,18H,10H2,1-2H3. The number of hydrogen-bond acceptors (Lipinski definition) is 3. The van der Waals surface area contributed by atoms with Crippen LogP contribution in [0.2, 0.25) is 0 Å². The van der Waals surface area contributed by atoms with Gasteiger partial charge >= 0.3 is 5.97 Å². The lowest BCUT2D eigenvalue weighted by Gasteiger charge is -2.08. The number of methoxy groups -OCH3 is 1. The molecule has 0 saturated heterocycles. The van der Waals surface area contributed by atoms with Gasteiger partial charge < -0.3 is 10.1 Å². The summed E-state index contributed by atoms with van der Waals surface area (Å²) >= 11 is 0. The number of ether oxygens (including phenoxy) is 1. The normalized spacial score (nSPS) is 10.2. The molecule has 20 heavy (non-hydrogen) atoms. The lowest BCUT2D eigenvalue weighted by Crippen LogP contribution is -2.04. The molecule has 0 heterocycles. The van der Waals surface area contributed by atoms with Gasteiger partial charge in [-0.1, -0.05) is 18.2 Å². The van der Waals surface area contributed by atoms with Gasteiger partial charge in [-0.05, 0) is 42.3 Å². The zero-order valence-corrected chi connectivity index (χ0v) is 11.4. The highest BCUT2D eigenvalue weighted by Gasteiger charge is 2.05. The second kappa shape index (κ2) is 6.19. The molecule has 0 radical (unpaired) electrons. The van der Waals surface area contributed by atoms with Gasteiger partial charge in [-0.25, -0.2) is 9.18 Å². The van der Waals surface area contributed by atoms with Gasteiger partial charge in [-0.3, -0.25) is 0 Å². The van der Waals surface area contributed by atoms with Crippen molar-refractivity contribution >= 4 is 11.7 Å². The number of carbonyl (C=O) groups excluding carboxylic acids is 1. The Morgan fingerprint density at radius 1 is 1.25 bits per heavy atom. The van der Waals surface area contributed by atoms with E-state index >= 15 is 0 Å². The molecule has 3 nitrogen and oxygen atoms in total. The van der Waals surface area contributed by atoms with Crippen molar-refractivity contribution in [2.75, 3.05) is 12.4 Å². The van der Waals surface area contributed by atoms with Crippen LogP contribution >= 0.6 is 0 Å². The van der Waals surface area contributed by atoms with E-state index in [0.717, 1.165) is 11.3 Å². The first-order valence-electron chi connectivity index (χ1n) is 6.27. The molecule has 0 atom stereocenters. The quantitative estimate of drug-likeness (QED) is 0.866. The fourth-order valence-corrected chi connectivity index (χ4v) is 1.82. The molecule has 4 heteroatoms. The Kier molecular flexibility index (Phi) is 4.35. The fraction of sp³-hybridized carbons (Fsp3) is 0.188. The molecule has 0 fully saturated rings. The molecule has 2 aromatic rings. The minimum absolute atomic E-state index is 0.215. The van der Waals surface area contributed by atoms with E-state index in [-0.39, 0.29) is 11.8 Å². The van der Waals surface area contributed by atoms with E-state index in [9.17, 15) is 9.18 Å². The summed E-state index contributed by atoms with van der Waals surface area (Å²) < 4.78 is 18.1. The summed E-state index contributed by atoms with van der Waals surface area (Å²) in [5.74, 6) is -0.595. The first-order chi connectivity index (χ1) is 9.60. The third-order valence-corrected chi connectivity index (χ3v) is 3.02. The van der Waals surface area contributed by atoms with Crippen LogP contribution < -0.4 is 5.32 Å². The molecule has 2 aromatic carbocycles. The van der Waals surface area contributed by atoms with E-state index in [4.69, 9.17) is 0 Å². The average Bonchev–Trinajstić information content (AvgIpc) is 2.48. The number of halogens is 1. The number of aryl methyl sites for hydroxylation is 1. The van der Waals surface area contributed by atoms with Crippen LogP contribution in [0, 0.1) is 12.7 Å². The summed E-state index contributed by atoms with van der Waals surface area (Å²) in [4.78, 5) is 11.4. The second-order valence-corrected chi connectivity index (χ2v) is 4.51. The van der Waals surface area contributed by atoms with Gasteiger partial charge in [0.05, 0.1) is 12.7 Å². The van der Waals surface area contributed by atoms with Crippen molar-refractivity contribution in [3.05, 3.63) is 65.0 Å². The van der Waals surface area contributed by atoms with Gasteiger partial charge in [0.25, 0.3) is 0 Å². The Balaban J connectivity index is 2.07. The number of hydrogen-bond donors (Lipinski definition) is 1. The summed E-state index contributed by atoms with van der Waals surface area (Å²) in [6.07, 6.45) is 0. The van der Waals surface area contributed by atoms with Gasteiger partial charge in [0, 0.05) is 12.2 Å². The van der Waals surface area contributed by atoms with Crippen LogP contribution in [0.3, 0.4) is 0 Å². The minimum atomic E-state index is -0.380. The van der Waals surface area contributed by atoms with Crippen LogP contribution in [0.1, 0.15) is 21.5 Å². The van der Waals surface area contributed by atoms with Crippen LogP contribution in [0.15, 0.2) is 42.5 Å². The van der Waals surface area contributed by atoms with Gasteiger partial charge in [0.15, 0.2) is 0 Å². The van der Waals surface area contributed by atoms with E-state index in [1.54, 1.807) is 31.2 Å². The monoisotopic (exact) mass is 273 g/mol. The maximum Gasteiger partial charge on any atom is 0.337 e. The number of anilines is 1. The molecule has 2 rings (SSSR count). The van der Waals surface area contributed by atoms with Crippen molar-refractivity contribution in [3.63, 3.8) is 0 Å². The molecule has 0 amide bonds. The summed E-state index contributed by atoms with van der Waals surface area (Å²) in [5.41, 5.74) is 2.74. The molecule has 0 aromatic heterocycles. The van der Waals surface area contributed by atoms with Crippen LogP contribution in [-0.2, 0) is 11.3 Å². The highest BCUT2D eigenvalue weighted by atomic mass is 19.1. The highest BCUT2D eigenvalue weighted by molar-refractivity contribution is 5.90. The zero-order chi connectivity index (χ0) is 14.5. The molecule has 0 unspecified atom stereocenters.